The molecule has 0 saturated carbocycles. The minimum Gasteiger partial charge on any atom is -0.372 e. The number of rotatable bonds is 4. The summed E-state index contributed by atoms with van der Waals surface area (Å²) in [5, 5.41) is 3.26. The molecule has 15 heavy (non-hydrogen) atoms. The molecule has 84 valence electrons. The number of nitrogens with one attached hydrogen (secondary N) is 1. The van der Waals surface area contributed by atoms with Crippen molar-refractivity contribution in [2.45, 2.75) is 38.0 Å². The second kappa shape index (κ2) is 4.98. The number of fused-ring (bicyclic) bond motifs is 2. The Labute approximate surface area is 92.2 Å². The molecule has 2 saturated heterocycles. The van der Waals surface area contributed by atoms with Crippen molar-refractivity contribution in [1.82, 2.24) is 10.2 Å². The van der Waals surface area contributed by atoms with Crippen LogP contribution >= 0.6 is 0 Å². The van der Waals surface area contributed by atoms with Gasteiger partial charge < -0.3 is 10.1 Å². The summed E-state index contributed by atoms with van der Waals surface area (Å²) in [6.07, 6.45) is 8.65. The highest BCUT2D eigenvalue weighted by Crippen LogP contribution is 2.27. The van der Waals surface area contributed by atoms with Crippen LogP contribution in [0.4, 0.5) is 0 Å². The van der Waals surface area contributed by atoms with E-state index in [1.807, 2.05) is 0 Å². The molecular weight excluding hydrogens is 188 g/mol. The minimum absolute atomic E-state index is 0.485. The highest BCUT2D eigenvalue weighted by atomic mass is 16.5. The molecule has 2 heterocycles. The van der Waals surface area contributed by atoms with Crippen molar-refractivity contribution in [2.75, 3.05) is 26.2 Å². The molecule has 0 aromatic carbocycles. The zero-order valence-corrected chi connectivity index (χ0v) is 9.41. The normalized spacial score (nSPS) is 32.5. The smallest absolute Gasteiger partial charge is 0.0707 e. The summed E-state index contributed by atoms with van der Waals surface area (Å²) in [5.41, 5.74) is 0. The minimum atomic E-state index is 0.485. The number of ether oxygens (including phenoxy) is 1. The van der Waals surface area contributed by atoms with Crippen LogP contribution in [0, 0.1) is 12.3 Å². The molecule has 0 aromatic heterocycles. The monoisotopic (exact) mass is 208 g/mol. The number of hydrogen-bond donors (Lipinski definition) is 1. The molecule has 2 rings (SSSR count). The van der Waals surface area contributed by atoms with Crippen molar-refractivity contribution in [3.63, 3.8) is 0 Å². The first kappa shape index (κ1) is 10.9. The second-order valence-electron chi connectivity index (χ2n) is 4.60. The lowest BCUT2D eigenvalue weighted by atomic mass is 10.2. The molecule has 3 nitrogen and oxygen atoms in total. The predicted octanol–water partition coefficient (Wildman–Crippen LogP) is 0.461. The Kier molecular flexibility index (Phi) is 3.63. The van der Waals surface area contributed by atoms with Crippen molar-refractivity contribution in [2.24, 2.45) is 0 Å². The quantitative estimate of drug-likeness (QED) is 0.536. The first-order valence-electron chi connectivity index (χ1n) is 5.83. The summed E-state index contributed by atoms with van der Waals surface area (Å²) < 4.78 is 5.81. The Hall–Kier alpha value is -0.560. The Morgan fingerprint density at radius 3 is 2.73 bits per heavy atom. The molecule has 0 spiro atoms. The molecule has 0 radical (unpaired) electrons. The third kappa shape index (κ3) is 2.72. The van der Waals surface area contributed by atoms with E-state index in [4.69, 9.17) is 11.2 Å². The molecule has 0 aromatic rings. The van der Waals surface area contributed by atoms with E-state index in [1.54, 1.807) is 0 Å². The Morgan fingerprint density at radius 2 is 2.13 bits per heavy atom. The third-order valence-electron chi connectivity index (χ3n) is 3.36. The van der Waals surface area contributed by atoms with Gasteiger partial charge in [-0.15, -0.1) is 6.42 Å². The van der Waals surface area contributed by atoms with Gasteiger partial charge in [-0.2, -0.15) is 0 Å². The van der Waals surface area contributed by atoms with Crippen molar-refractivity contribution in [3.05, 3.63) is 0 Å². The fourth-order valence-corrected chi connectivity index (χ4v) is 2.49. The van der Waals surface area contributed by atoms with Gasteiger partial charge in [0.1, 0.15) is 0 Å². The topological polar surface area (TPSA) is 24.5 Å². The van der Waals surface area contributed by atoms with Crippen molar-refractivity contribution in [1.29, 1.82) is 0 Å². The van der Waals surface area contributed by atoms with Gasteiger partial charge in [0.2, 0.25) is 0 Å². The summed E-state index contributed by atoms with van der Waals surface area (Å²) in [6, 6.07) is 0.561. The first-order valence-corrected chi connectivity index (χ1v) is 5.83. The standard InChI is InChI=1S/C12H20N2O/c1-3-6-13-7-10(2)14-8-11-4-5-12(9-14)15-11/h1,10-13H,4-9H2,2H3. The van der Waals surface area contributed by atoms with Gasteiger partial charge in [0.25, 0.3) is 0 Å². The predicted molar refractivity (Wildman–Crippen MR) is 60.6 cm³/mol. The van der Waals surface area contributed by atoms with Crippen LogP contribution in [0.3, 0.4) is 0 Å². The lowest BCUT2D eigenvalue weighted by molar-refractivity contribution is -0.0499. The van der Waals surface area contributed by atoms with Crippen LogP contribution in [0.1, 0.15) is 19.8 Å². The van der Waals surface area contributed by atoms with Crippen LogP contribution in [0.2, 0.25) is 0 Å². The van der Waals surface area contributed by atoms with Crippen molar-refractivity contribution >= 4 is 0 Å². The summed E-state index contributed by atoms with van der Waals surface area (Å²) >= 11 is 0. The van der Waals surface area contributed by atoms with Gasteiger partial charge in [-0.05, 0) is 19.8 Å². The molecule has 2 bridgehead atoms. The molecule has 2 aliphatic rings. The highest BCUT2D eigenvalue weighted by molar-refractivity contribution is 4.89. The van der Waals surface area contributed by atoms with Gasteiger partial charge in [0, 0.05) is 25.7 Å². The first-order chi connectivity index (χ1) is 7.29. The van der Waals surface area contributed by atoms with Crippen molar-refractivity contribution < 1.29 is 4.74 Å². The lowest BCUT2D eigenvalue weighted by Gasteiger charge is -2.36. The third-order valence-corrected chi connectivity index (χ3v) is 3.36. The number of morpholine rings is 1. The molecule has 3 unspecified atom stereocenters. The van der Waals surface area contributed by atoms with Gasteiger partial charge in [0.15, 0.2) is 0 Å². The summed E-state index contributed by atoms with van der Waals surface area (Å²) in [6.45, 7) is 6.09. The Bertz CT molecular complexity index is 236. The van der Waals surface area contributed by atoms with Gasteiger partial charge in [0.05, 0.1) is 18.8 Å². The van der Waals surface area contributed by atoms with Gasteiger partial charge >= 0.3 is 0 Å². The highest BCUT2D eigenvalue weighted by Gasteiger charge is 2.35. The van der Waals surface area contributed by atoms with Gasteiger partial charge in [-0.3, -0.25) is 4.90 Å². The van der Waals surface area contributed by atoms with E-state index >= 15 is 0 Å². The average molecular weight is 208 g/mol. The van der Waals surface area contributed by atoms with Crippen LogP contribution in [0.5, 0.6) is 0 Å². The van der Waals surface area contributed by atoms with Crippen LogP contribution < -0.4 is 5.32 Å². The van der Waals surface area contributed by atoms with E-state index in [1.165, 1.54) is 12.8 Å². The second-order valence-corrected chi connectivity index (χ2v) is 4.60. The van der Waals surface area contributed by atoms with Crippen molar-refractivity contribution in [3.8, 4) is 12.3 Å². The molecule has 1 N–H and O–H groups in total. The molecule has 2 fully saturated rings. The number of likely N-dealkylation sites (tertiary alicyclic amines) is 1. The van der Waals surface area contributed by atoms with E-state index in [2.05, 4.69) is 23.1 Å². The van der Waals surface area contributed by atoms with E-state index in [-0.39, 0.29) is 0 Å². The van der Waals surface area contributed by atoms with E-state index < -0.39 is 0 Å². The molecule has 0 amide bonds. The van der Waals surface area contributed by atoms with Gasteiger partial charge in [-0.1, -0.05) is 5.92 Å². The van der Waals surface area contributed by atoms with Crippen LogP contribution in [0.15, 0.2) is 0 Å². The molecule has 3 atom stereocenters. The van der Waals surface area contributed by atoms with Crippen LogP contribution in [0.25, 0.3) is 0 Å². The average Bonchev–Trinajstić information content (AvgIpc) is 2.58. The maximum Gasteiger partial charge on any atom is 0.0707 e. The van der Waals surface area contributed by atoms with Crippen LogP contribution in [-0.2, 0) is 4.74 Å². The summed E-state index contributed by atoms with van der Waals surface area (Å²) in [7, 11) is 0. The maximum atomic E-state index is 5.81. The fourth-order valence-electron chi connectivity index (χ4n) is 2.49. The largest absolute Gasteiger partial charge is 0.372 e. The van der Waals surface area contributed by atoms with E-state index in [0.717, 1.165) is 19.6 Å². The fraction of sp³-hybridized carbons (Fsp3) is 0.833. The molecular formula is C12H20N2O. The molecule has 3 heteroatoms. The number of hydrogen-bond acceptors (Lipinski definition) is 3. The molecule has 0 aliphatic carbocycles. The van der Waals surface area contributed by atoms with E-state index in [0.29, 0.717) is 24.8 Å². The zero-order chi connectivity index (χ0) is 10.7. The number of nitrogens with zero attached hydrogens (tertiary/aromatic N) is 1. The van der Waals surface area contributed by atoms with Gasteiger partial charge in [-0.25, -0.2) is 0 Å². The lowest BCUT2D eigenvalue weighted by Crippen LogP contribution is -2.50. The SMILES string of the molecule is C#CCNCC(C)N1CC2CCC(C1)O2. The zero-order valence-electron chi connectivity index (χ0n) is 9.41. The summed E-state index contributed by atoms with van der Waals surface area (Å²) in [5.74, 6) is 2.60. The Balaban J connectivity index is 1.76. The summed E-state index contributed by atoms with van der Waals surface area (Å²) in [4.78, 5) is 2.52. The van der Waals surface area contributed by atoms with Crippen LogP contribution in [-0.4, -0.2) is 49.3 Å². The van der Waals surface area contributed by atoms with E-state index in [9.17, 15) is 0 Å². The molecule has 2 aliphatic heterocycles. The Morgan fingerprint density at radius 1 is 1.47 bits per heavy atom. The number of terminal acetylenes is 1. The maximum absolute atomic E-state index is 5.81.